The molecule has 0 atom stereocenters. The van der Waals surface area contributed by atoms with Gasteiger partial charge < -0.3 is 20.6 Å². The van der Waals surface area contributed by atoms with Crippen LogP contribution in [0.2, 0.25) is 0 Å². The Morgan fingerprint density at radius 3 is 2.62 bits per heavy atom. The molecule has 1 saturated heterocycles. The second-order valence-electron chi connectivity index (χ2n) is 5.31. The average Bonchev–Trinajstić information content (AvgIpc) is 2.64. The van der Waals surface area contributed by atoms with Crippen LogP contribution < -0.4 is 10.6 Å². The summed E-state index contributed by atoms with van der Waals surface area (Å²) in [4.78, 5) is 14.1. The molecule has 0 unspecified atom stereocenters. The topological polar surface area (TPSA) is 69.8 Å². The van der Waals surface area contributed by atoms with Crippen molar-refractivity contribution in [2.45, 2.75) is 26.7 Å². The van der Waals surface area contributed by atoms with Crippen LogP contribution in [0.3, 0.4) is 0 Å². The fourth-order valence-corrected chi connectivity index (χ4v) is 2.46. The van der Waals surface area contributed by atoms with Gasteiger partial charge in [0.25, 0.3) is 0 Å². The lowest BCUT2D eigenvalue weighted by molar-refractivity contribution is -0.115. The highest BCUT2D eigenvalue weighted by Gasteiger charge is 2.14. The van der Waals surface area contributed by atoms with E-state index < -0.39 is 0 Å². The highest BCUT2D eigenvalue weighted by atomic mass is 16.3. The SMILES string of the molecule is CC(N)=O.CCCN1CCCN(c2cccc(O)c2)CC1. The molecule has 0 aliphatic carbocycles. The average molecular weight is 293 g/mol. The molecule has 1 aromatic rings. The van der Waals surface area contributed by atoms with E-state index in [1.165, 1.54) is 32.9 Å². The van der Waals surface area contributed by atoms with Gasteiger partial charge in [-0.05, 0) is 38.1 Å². The summed E-state index contributed by atoms with van der Waals surface area (Å²) in [6.45, 7) is 9.21. The minimum atomic E-state index is -0.333. The number of hydrogen-bond donors (Lipinski definition) is 2. The summed E-state index contributed by atoms with van der Waals surface area (Å²) in [6, 6.07) is 7.58. The summed E-state index contributed by atoms with van der Waals surface area (Å²) >= 11 is 0. The molecule has 1 heterocycles. The number of phenolic OH excluding ortho intramolecular Hbond substituents is 1. The van der Waals surface area contributed by atoms with Crippen LogP contribution >= 0.6 is 0 Å². The van der Waals surface area contributed by atoms with Crippen molar-refractivity contribution in [2.24, 2.45) is 5.73 Å². The highest BCUT2D eigenvalue weighted by Crippen LogP contribution is 2.21. The van der Waals surface area contributed by atoms with Crippen LogP contribution in [0.15, 0.2) is 24.3 Å². The Kier molecular flexibility index (Phi) is 7.61. The van der Waals surface area contributed by atoms with Gasteiger partial charge in [0.05, 0.1) is 0 Å². The number of carbonyl (C=O) groups is 1. The summed E-state index contributed by atoms with van der Waals surface area (Å²) < 4.78 is 0. The number of rotatable bonds is 3. The first-order valence-electron chi connectivity index (χ1n) is 7.55. The molecule has 0 radical (unpaired) electrons. The van der Waals surface area contributed by atoms with Gasteiger partial charge in [-0.1, -0.05) is 13.0 Å². The van der Waals surface area contributed by atoms with E-state index in [2.05, 4.69) is 28.5 Å². The van der Waals surface area contributed by atoms with Gasteiger partial charge in [0.1, 0.15) is 5.75 Å². The number of phenols is 1. The van der Waals surface area contributed by atoms with Gasteiger partial charge in [0, 0.05) is 38.3 Å². The summed E-state index contributed by atoms with van der Waals surface area (Å²) in [6.07, 6.45) is 2.43. The molecule has 0 spiro atoms. The molecule has 0 aromatic heterocycles. The number of benzene rings is 1. The van der Waals surface area contributed by atoms with Crippen molar-refractivity contribution < 1.29 is 9.90 Å². The van der Waals surface area contributed by atoms with Crippen molar-refractivity contribution in [1.29, 1.82) is 0 Å². The number of carbonyl (C=O) groups excluding carboxylic acids is 1. The van der Waals surface area contributed by atoms with Crippen molar-refractivity contribution >= 4 is 11.6 Å². The predicted octanol–water partition coefficient (Wildman–Crippen LogP) is 1.81. The fraction of sp³-hybridized carbons (Fsp3) is 0.562. The van der Waals surface area contributed by atoms with Crippen molar-refractivity contribution in [3.63, 3.8) is 0 Å². The van der Waals surface area contributed by atoms with Gasteiger partial charge >= 0.3 is 0 Å². The van der Waals surface area contributed by atoms with Crippen LogP contribution in [-0.4, -0.2) is 48.6 Å². The van der Waals surface area contributed by atoms with E-state index in [-0.39, 0.29) is 5.91 Å². The molecule has 1 aliphatic rings. The molecule has 1 fully saturated rings. The lowest BCUT2D eigenvalue weighted by Gasteiger charge is -2.23. The van der Waals surface area contributed by atoms with Gasteiger partial charge in [0.15, 0.2) is 0 Å². The van der Waals surface area contributed by atoms with Gasteiger partial charge in [-0.15, -0.1) is 0 Å². The molecule has 1 aliphatic heterocycles. The van der Waals surface area contributed by atoms with Gasteiger partial charge in [0.2, 0.25) is 5.91 Å². The van der Waals surface area contributed by atoms with E-state index in [9.17, 15) is 9.90 Å². The summed E-state index contributed by atoms with van der Waals surface area (Å²) in [7, 11) is 0. The third kappa shape index (κ3) is 6.99. The molecule has 1 aromatic carbocycles. The molecule has 0 saturated carbocycles. The van der Waals surface area contributed by atoms with Crippen molar-refractivity contribution in [1.82, 2.24) is 4.90 Å². The number of nitrogens with zero attached hydrogens (tertiary/aromatic N) is 2. The lowest BCUT2D eigenvalue weighted by Crippen LogP contribution is -2.31. The zero-order valence-corrected chi connectivity index (χ0v) is 13.1. The summed E-state index contributed by atoms with van der Waals surface area (Å²) in [5.41, 5.74) is 5.61. The standard InChI is InChI=1S/C14H22N2O.C2H5NO/c1-2-7-15-8-4-9-16(11-10-15)13-5-3-6-14(17)12-13;1-2(3)4/h3,5-6,12,17H,2,4,7-11H2,1H3;1H3,(H2,3,4). The Balaban J connectivity index is 0.000000491. The Labute approximate surface area is 127 Å². The zero-order valence-electron chi connectivity index (χ0n) is 13.1. The molecule has 1 amide bonds. The summed E-state index contributed by atoms with van der Waals surface area (Å²) in [5, 5.41) is 9.51. The van der Waals surface area contributed by atoms with Crippen LogP contribution in [-0.2, 0) is 4.79 Å². The Hall–Kier alpha value is -1.75. The van der Waals surface area contributed by atoms with Gasteiger partial charge in [-0.25, -0.2) is 0 Å². The Morgan fingerprint density at radius 1 is 1.29 bits per heavy atom. The van der Waals surface area contributed by atoms with E-state index in [0.29, 0.717) is 5.75 Å². The molecule has 118 valence electrons. The van der Waals surface area contributed by atoms with Crippen molar-refractivity contribution in [3.8, 4) is 5.75 Å². The van der Waals surface area contributed by atoms with Crippen LogP contribution in [0.1, 0.15) is 26.7 Å². The highest BCUT2D eigenvalue weighted by molar-refractivity contribution is 5.70. The van der Waals surface area contributed by atoms with Crippen molar-refractivity contribution in [2.75, 3.05) is 37.6 Å². The van der Waals surface area contributed by atoms with Crippen LogP contribution in [0.5, 0.6) is 5.75 Å². The maximum absolute atomic E-state index is 9.51. The predicted molar refractivity (Wildman–Crippen MR) is 86.5 cm³/mol. The number of hydrogen-bond acceptors (Lipinski definition) is 4. The molecule has 3 N–H and O–H groups in total. The molecule has 5 heteroatoms. The minimum absolute atomic E-state index is 0.333. The van der Waals surface area contributed by atoms with Crippen LogP contribution in [0.25, 0.3) is 0 Å². The normalized spacial score (nSPS) is 15.8. The number of anilines is 1. The zero-order chi connectivity index (χ0) is 15.7. The fourth-order valence-electron chi connectivity index (χ4n) is 2.46. The third-order valence-electron chi connectivity index (χ3n) is 3.32. The van der Waals surface area contributed by atoms with E-state index in [1.54, 1.807) is 6.07 Å². The molecule has 0 bridgehead atoms. The van der Waals surface area contributed by atoms with E-state index in [4.69, 9.17) is 0 Å². The minimum Gasteiger partial charge on any atom is -0.508 e. The van der Waals surface area contributed by atoms with Gasteiger partial charge in [-0.3, -0.25) is 4.79 Å². The first kappa shape index (κ1) is 17.3. The maximum Gasteiger partial charge on any atom is 0.214 e. The first-order valence-corrected chi connectivity index (χ1v) is 7.55. The number of amides is 1. The second-order valence-corrected chi connectivity index (χ2v) is 5.31. The van der Waals surface area contributed by atoms with E-state index in [1.807, 2.05) is 12.1 Å². The Bertz CT molecular complexity index is 433. The summed E-state index contributed by atoms with van der Waals surface area (Å²) in [5.74, 6) is 0.0251. The molecular formula is C16H27N3O2. The quantitative estimate of drug-likeness (QED) is 0.891. The smallest absolute Gasteiger partial charge is 0.214 e. The largest absolute Gasteiger partial charge is 0.508 e. The third-order valence-corrected chi connectivity index (χ3v) is 3.32. The molecular weight excluding hydrogens is 266 g/mol. The van der Waals surface area contributed by atoms with E-state index >= 15 is 0 Å². The van der Waals surface area contributed by atoms with Gasteiger partial charge in [-0.2, -0.15) is 0 Å². The van der Waals surface area contributed by atoms with Crippen LogP contribution in [0.4, 0.5) is 5.69 Å². The lowest BCUT2D eigenvalue weighted by atomic mass is 10.2. The number of primary amides is 1. The maximum atomic E-state index is 9.51. The second kappa shape index (κ2) is 9.23. The van der Waals surface area contributed by atoms with Crippen LogP contribution in [0, 0.1) is 0 Å². The monoisotopic (exact) mass is 293 g/mol. The molecule has 21 heavy (non-hydrogen) atoms. The number of aromatic hydroxyl groups is 1. The first-order chi connectivity index (χ1) is 10.0. The Morgan fingerprint density at radius 2 is 2.00 bits per heavy atom. The molecule has 2 rings (SSSR count). The number of nitrogens with two attached hydrogens (primary N) is 1. The molecule has 5 nitrogen and oxygen atoms in total. The van der Waals surface area contributed by atoms with Crippen molar-refractivity contribution in [3.05, 3.63) is 24.3 Å². The van der Waals surface area contributed by atoms with E-state index in [0.717, 1.165) is 25.3 Å².